The number of aliphatic imine (C=N–C) groups is 2. The van der Waals surface area contributed by atoms with Crippen molar-refractivity contribution in [2.75, 3.05) is 13.1 Å². The van der Waals surface area contributed by atoms with Crippen LogP contribution in [0.25, 0.3) is 10.9 Å². The predicted octanol–water partition coefficient (Wildman–Crippen LogP) is 1.44. The lowest BCUT2D eigenvalue weighted by Crippen LogP contribution is -2.53. The maximum Gasteiger partial charge on any atom is 0.243 e. The summed E-state index contributed by atoms with van der Waals surface area (Å²) < 4.78 is 2.13. The van der Waals surface area contributed by atoms with Gasteiger partial charge in [0.2, 0.25) is 17.7 Å². The fourth-order valence-electron chi connectivity index (χ4n) is 4.81. The number of hydrogen-bond donors (Lipinski definition) is 7. The van der Waals surface area contributed by atoms with Gasteiger partial charge >= 0.3 is 0 Å². The van der Waals surface area contributed by atoms with Gasteiger partial charge < -0.3 is 43.9 Å². The zero-order valence-electron chi connectivity index (χ0n) is 26.7. The molecule has 0 unspecified atom stereocenters. The maximum absolute atomic E-state index is 13.3. The molecule has 0 aliphatic heterocycles. The predicted molar refractivity (Wildman–Crippen MR) is 181 cm³/mol. The van der Waals surface area contributed by atoms with Crippen LogP contribution in [0.15, 0.2) is 63.7 Å². The minimum atomic E-state index is -0.958. The van der Waals surface area contributed by atoms with Crippen LogP contribution in [0.2, 0.25) is 0 Å². The molecule has 2 atom stereocenters. The van der Waals surface area contributed by atoms with Gasteiger partial charge in [0.25, 0.3) is 0 Å². The van der Waals surface area contributed by atoms with Crippen molar-refractivity contribution in [2.45, 2.75) is 84.3 Å². The lowest BCUT2D eigenvalue weighted by molar-refractivity contribution is -0.131. The summed E-state index contributed by atoms with van der Waals surface area (Å²) in [6.45, 7) is 7.55. The summed E-state index contributed by atoms with van der Waals surface area (Å²) in [5.41, 5.74) is 31.5. The third kappa shape index (κ3) is 13.6. The lowest BCUT2D eigenvalue weighted by Gasteiger charge is -2.22. The number of aromatic nitrogens is 1. The van der Waals surface area contributed by atoms with Crippen molar-refractivity contribution in [1.29, 1.82) is 0 Å². The van der Waals surface area contributed by atoms with Crippen molar-refractivity contribution >= 4 is 40.5 Å². The molecule has 0 saturated carbocycles. The van der Waals surface area contributed by atoms with Crippen LogP contribution in [0.3, 0.4) is 0 Å². The topological polar surface area (TPSA) is 235 Å². The molecule has 13 nitrogen and oxygen atoms in total. The maximum atomic E-state index is 13.3. The Bertz CT molecular complexity index is 1410. The molecule has 3 amide bonds. The largest absolute Gasteiger partial charge is 0.370 e. The van der Waals surface area contributed by atoms with E-state index in [0.717, 1.165) is 29.3 Å². The third-order valence-corrected chi connectivity index (χ3v) is 7.15. The summed E-state index contributed by atoms with van der Waals surface area (Å²) in [7, 11) is 0. The normalized spacial score (nSPS) is 12.6. The Morgan fingerprint density at radius 1 is 0.867 bits per heavy atom. The average Bonchev–Trinajstić information content (AvgIpc) is 3.31. The molecular weight excluding hydrogens is 572 g/mol. The molecule has 246 valence electrons. The Morgan fingerprint density at radius 2 is 1.49 bits per heavy atom. The zero-order valence-corrected chi connectivity index (χ0v) is 26.7. The van der Waals surface area contributed by atoms with E-state index in [2.05, 4.69) is 58.1 Å². The van der Waals surface area contributed by atoms with Crippen LogP contribution in [0, 0.1) is 0 Å². The van der Waals surface area contributed by atoms with Crippen LogP contribution in [0.5, 0.6) is 0 Å². The van der Waals surface area contributed by atoms with Gasteiger partial charge in [-0.3, -0.25) is 24.4 Å². The van der Waals surface area contributed by atoms with Crippen LogP contribution < -0.4 is 39.3 Å². The molecule has 1 heterocycles. The standard InChI is InChI=1S/C32H50N10O3/c1-21(2)9-6-10-22(3)15-18-42-20-23(24-11-4-5-14-27(24)42)19-28(43)40-26(13-8-17-39-32(36)37)30(45)41-25(29(33)44)12-7-16-38-31(34)35/h4-5,9,11,14-15,20,25-26H,6-8,10,12-13,16-19H2,1-3H3,(H2,33,44)(H,40,43)(H,41,45)(H4,34,35,38)(H4,36,37,39)/b22-15+/t25-,26-/m0/s1. The quantitative estimate of drug-likeness (QED) is 0.0526. The molecule has 12 N–H and O–H groups in total. The number of guanidine groups is 2. The number of primary amides is 1. The molecule has 0 aliphatic carbocycles. The van der Waals surface area contributed by atoms with Crippen molar-refractivity contribution < 1.29 is 14.4 Å². The van der Waals surface area contributed by atoms with E-state index in [1.165, 1.54) is 11.1 Å². The third-order valence-electron chi connectivity index (χ3n) is 7.15. The SMILES string of the molecule is CC(C)=CCC/C(C)=C/Cn1cc(CC(=O)N[C@@H](CCCN=C(N)N)C(=O)N[C@@H](CCCN=C(N)N)C(N)=O)c2ccccc21. The minimum absolute atomic E-state index is 0.0617. The van der Waals surface area contributed by atoms with Gasteiger partial charge in [0, 0.05) is 36.7 Å². The Kier molecular flexibility index (Phi) is 15.2. The van der Waals surface area contributed by atoms with Crippen molar-refractivity contribution in [3.05, 3.63) is 59.3 Å². The molecule has 0 radical (unpaired) electrons. The van der Waals surface area contributed by atoms with Crippen LogP contribution in [-0.4, -0.2) is 59.4 Å². The minimum Gasteiger partial charge on any atom is -0.370 e. The summed E-state index contributed by atoms with van der Waals surface area (Å²) in [5.74, 6) is -1.70. The first-order valence-corrected chi connectivity index (χ1v) is 15.2. The summed E-state index contributed by atoms with van der Waals surface area (Å²) in [6.07, 6.45) is 9.78. The number of carbonyl (C=O) groups excluding carboxylic acids is 3. The first-order valence-electron chi connectivity index (χ1n) is 15.2. The summed E-state index contributed by atoms with van der Waals surface area (Å²) in [6, 6.07) is 6.02. The highest BCUT2D eigenvalue weighted by Crippen LogP contribution is 2.22. The van der Waals surface area contributed by atoms with E-state index in [9.17, 15) is 14.4 Å². The second kappa shape index (κ2) is 18.8. The molecule has 0 bridgehead atoms. The highest BCUT2D eigenvalue weighted by Gasteiger charge is 2.26. The van der Waals surface area contributed by atoms with E-state index >= 15 is 0 Å². The number of amides is 3. The molecule has 0 spiro atoms. The summed E-state index contributed by atoms with van der Waals surface area (Å²) >= 11 is 0. The highest BCUT2D eigenvalue weighted by atomic mass is 16.2. The van der Waals surface area contributed by atoms with E-state index in [1.807, 2.05) is 30.5 Å². The van der Waals surface area contributed by atoms with Crippen LogP contribution in [0.1, 0.15) is 64.9 Å². The van der Waals surface area contributed by atoms with Crippen molar-refractivity contribution in [1.82, 2.24) is 15.2 Å². The van der Waals surface area contributed by atoms with E-state index < -0.39 is 23.9 Å². The Morgan fingerprint density at radius 3 is 2.09 bits per heavy atom. The van der Waals surface area contributed by atoms with Gasteiger partial charge in [-0.05, 0) is 70.9 Å². The van der Waals surface area contributed by atoms with Gasteiger partial charge in [0.15, 0.2) is 11.9 Å². The monoisotopic (exact) mass is 622 g/mol. The van der Waals surface area contributed by atoms with Crippen molar-refractivity contribution in [3.8, 4) is 0 Å². The number of nitrogens with two attached hydrogens (primary N) is 5. The Hall–Kier alpha value is -4.81. The van der Waals surface area contributed by atoms with Crippen LogP contribution in [-0.2, 0) is 27.3 Å². The highest BCUT2D eigenvalue weighted by molar-refractivity contribution is 5.94. The number of allylic oxidation sites excluding steroid dienone is 4. The number of para-hydroxylation sites is 1. The second-order valence-corrected chi connectivity index (χ2v) is 11.4. The van der Waals surface area contributed by atoms with Gasteiger partial charge in [-0.15, -0.1) is 0 Å². The molecular formula is C32H50N10O3. The van der Waals surface area contributed by atoms with Crippen LogP contribution >= 0.6 is 0 Å². The molecule has 0 saturated heterocycles. The zero-order chi connectivity index (χ0) is 33.4. The van der Waals surface area contributed by atoms with Gasteiger partial charge in [0.05, 0.1) is 6.42 Å². The molecule has 2 rings (SSSR count). The first kappa shape index (κ1) is 36.4. The Labute approximate surface area is 265 Å². The van der Waals surface area contributed by atoms with E-state index in [4.69, 9.17) is 28.7 Å². The lowest BCUT2D eigenvalue weighted by atomic mass is 10.1. The van der Waals surface area contributed by atoms with Gasteiger partial charge in [0.1, 0.15) is 12.1 Å². The van der Waals surface area contributed by atoms with E-state index in [1.54, 1.807) is 0 Å². The smallest absolute Gasteiger partial charge is 0.243 e. The first-order chi connectivity index (χ1) is 21.4. The van der Waals surface area contributed by atoms with E-state index in [-0.39, 0.29) is 50.2 Å². The number of fused-ring (bicyclic) bond motifs is 1. The van der Waals surface area contributed by atoms with Crippen molar-refractivity contribution in [2.24, 2.45) is 38.7 Å². The number of benzene rings is 1. The fourth-order valence-corrected chi connectivity index (χ4v) is 4.81. The van der Waals surface area contributed by atoms with Gasteiger partial charge in [-0.2, -0.15) is 0 Å². The van der Waals surface area contributed by atoms with Crippen molar-refractivity contribution in [3.63, 3.8) is 0 Å². The van der Waals surface area contributed by atoms with Gasteiger partial charge in [-0.1, -0.05) is 41.5 Å². The molecule has 0 fully saturated rings. The summed E-state index contributed by atoms with van der Waals surface area (Å²) in [5, 5.41) is 6.47. The van der Waals surface area contributed by atoms with Gasteiger partial charge in [-0.25, -0.2) is 0 Å². The average molecular weight is 623 g/mol. The molecule has 0 aliphatic rings. The number of hydrogen-bond acceptors (Lipinski definition) is 5. The molecule has 45 heavy (non-hydrogen) atoms. The summed E-state index contributed by atoms with van der Waals surface area (Å²) in [4.78, 5) is 46.5. The number of nitrogens with zero attached hydrogens (tertiary/aromatic N) is 3. The molecule has 13 heteroatoms. The molecule has 2 aromatic rings. The molecule has 1 aromatic carbocycles. The number of nitrogens with one attached hydrogen (secondary N) is 2. The second-order valence-electron chi connectivity index (χ2n) is 11.4. The number of rotatable bonds is 19. The van der Waals surface area contributed by atoms with E-state index in [0.29, 0.717) is 19.4 Å². The fraction of sp³-hybridized carbons (Fsp3) is 0.469. The molecule has 1 aromatic heterocycles. The van der Waals surface area contributed by atoms with Crippen LogP contribution in [0.4, 0.5) is 0 Å². The Balaban J connectivity index is 2.17. The number of carbonyl (C=O) groups is 3.